The molecule has 0 radical (unpaired) electrons. The molecule has 2 saturated heterocycles. The first-order valence-electron chi connectivity index (χ1n) is 14.7. The number of piperidine rings is 1. The number of nitrogens with zero attached hydrogens (tertiary/aromatic N) is 4. The zero-order valence-corrected chi connectivity index (χ0v) is 24.4. The van der Waals surface area contributed by atoms with Gasteiger partial charge in [0.2, 0.25) is 5.91 Å². The third kappa shape index (κ3) is 8.87. The number of hydrogen-bond acceptors (Lipinski definition) is 5. The second-order valence-corrected chi connectivity index (χ2v) is 12.3. The summed E-state index contributed by atoms with van der Waals surface area (Å²) in [4.78, 5) is 19.6. The van der Waals surface area contributed by atoms with E-state index in [0.717, 1.165) is 51.6 Å². The Morgan fingerprint density at radius 2 is 1.67 bits per heavy atom. The first-order valence-corrected chi connectivity index (χ1v) is 14.7. The maximum atomic E-state index is 13.3. The van der Waals surface area contributed by atoms with Crippen LogP contribution in [0.5, 0.6) is 0 Å². The number of carbonyl (C=O) groups excluding carboxylic acids is 1. The maximum Gasteiger partial charge on any atom is 0.417 e. The number of rotatable bonds is 7. The Morgan fingerprint density at radius 1 is 0.976 bits per heavy atom. The van der Waals surface area contributed by atoms with E-state index in [2.05, 4.69) is 60.2 Å². The highest BCUT2D eigenvalue weighted by Gasteiger charge is 2.34. The molecule has 9 heteroatoms. The van der Waals surface area contributed by atoms with Gasteiger partial charge in [-0.15, -0.1) is 0 Å². The van der Waals surface area contributed by atoms with E-state index in [4.69, 9.17) is 5.26 Å². The van der Waals surface area contributed by atoms with Gasteiger partial charge in [-0.3, -0.25) is 4.79 Å². The van der Waals surface area contributed by atoms with Crippen molar-refractivity contribution in [3.63, 3.8) is 0 Å². The van der Waals surface area contributed by atoms with Gasteiger partial charge in [0.05, 0.1) is 17.2 Å². The number of anilines is 2. The van der Waals surface area contributed by atoms with Crippen LogP contribution in [0.2, 0.25) is 0 Å². The van der Waals surface area contributed by atoms with E-state index in [-0.39, 0.29) is 30.4 Å². The summed E-state index contributed by atoms with van der Waals surface area (Å²) in [5, 5.41) is 12.2. The number of amides is 1. The van der Waals surface area contributed by atoms with Crippen LogP contribution in [0.25, 0.3) is 0 Å². The summed E-state index contributed by atoms with van der Waals surface area (Å²) in [6, 6.07) is 14.2. The molecule has 6 nitrogen and oxygen atoms in total. The van der Waals surface area contributed by atoms with Gasteiger partial charge in [-0.05, 0) is 80.1 Å². The Kier molecular flexibility index (Phi) is 11.3. The third-order valence-electron chi connectivity index (χ3n) is 8.22. The van der Waals surface area contributed by atoms with Gasteiger partial charge < -0.3 is 20.0 Å². The zero-order valence-electron chi connectivity index (χ0n) is 24.4. The van der Waals surface area contributed by atoms with E-state index < -0.39 is 11.7 Å². The van der Waals surface area contributed by atoms with Crippen molar-refractivity contribution in [2.24, 2.45) is 0 Å². The molecule has 2 aliphatic heterocycles. The Morgan fingerprint density at radius 3 is 2.29 bits per heavy atom. The highest BCUT2D eigenvalue weighted by Crippen LogP contribution is 2.34. The Hall–Kier alpha value is -3.25. The van der Waals surface area contributed by atoms with Crippen LogP contribution in [0.4, 0.5) is 24.5 Å². The Balaban J connectivity index is 0.00000484. The van der Waals surface area contributed by atoms with Gasteiger partial charge in [0.25, 0.3) is 0 Å². The molecule has 1 amide bonds. The molecule has 0 aliphatic carbocycles. The van der Waals surface area contributed by atoms with Crippen molar-refractivity contribution in [1.29, 1.82) is 5.26 Å². The summed E-state index contributed by atoms with van der Waals surface area (Å²) in [6.45, 7) is 12.8. The van der Waals surface area contributed by atoms with Crippen LogP contribution >= 0.6 is 0 Å². The fourth-order valence-electron chi connectivity index (χ4n) is 5.71. The summed E-state index contributed by atoms with van der Waals surface area (Å²) in [5.74, 6) is 0.150. The van der Waals surface area contributed by atoms with Gasteiger partial charge in [0.15, 0.2) is 0 Å². The molecule has 0 aromatic heterocycles. The second-order valence-electron chi connectivity index (χ2n) is 12.3. The minimum Gasteiger partial charge on any atom is -0.382 e. The van der Waals surface area contributed by atoms with Crippen LogP contribution < -0.4 is 10.2 Å². The topological polar surface area (TPSA) is 62.6 Å². The molecular weight excluding hydrogens is 539 g/mol. The van der Waals surface area contributed by atoms with E-state index in [1.807, 2.05) is 4.90 Å². The van der Waals surface area contributed by atoms with E-state index in [1.165, 1.54) is 23.4 Å². The lowest BCUT2D eigenvalue weighted by Crippen LogP contribution is -2.42. The normalized spacial score (nSPS) is 17.3. The lowest BCUT2D eigenvalue weighted by molar-refractivity contribution is -0.137. The lowest BCUT2D eigenvalue weighted by atomic mass is 9.87. The fourth-order valence-corrected chi connectivity index (χ4v) is 5.71. The number of likely N-dealkylation sites (tertiary alicyclic amines) is 1. The first-order chi connectivity index (χ1) is 19.4. The molecule has 2 heterocycles. The highest BCUT2D eigenvalue weighted by atomic mass is 19.4. The summed E-state index contributed by atoms with van der Waals surface area (Å²) < 4.78 is 39.8. The average Bonchev–Trinajstić information content (AvgIpc) is 3.18. The molecule has 2 aromatic carbocycles. The van der Waals surface area contributed by atoms with Crippen LogP contribution in [0.15, 0.2) is 42.5 Å². The van der Waals surface area contributed by atoms with Gasteiger partial charge in [-0.25, -0.2) is 0 Å². The van der Waals surface area contributed by atoms with Crippen LogP contribution in [0.3, 0.4) is 0 Å². The van der Waals surface area contributed by atoms with Gasteiger partial charge >= 0.3 is 6.18 Å². The largest absolute Gasteiger partial charge is 0.417 e. The van der Waals surface area contributed by atoms with Crippen molar-refractivity contribution >= 4 is 17.3 Å². The molecule has 230 valence electrons. The van der Waals surface area contributed by atoms with Crippen LogP contribution in [-0.2, 0) is 16.4 Å². The van der Waals surface area contributed by atoms with Crippen molar-refractivity contribution in [1.82, 2.24) is 9.80 Å². The molecule has 4 rings (SSSR count). The smallest absolute Gasteiger partial charge is 0.382 e. The average molecular weight is 586 g/mol. The third-order valence-corrected chi connectivity index (χ3v) is 8.22. The van der Waals surface area contributed by atoms with Crippen molar-refractivity contribution in [3.05, 3.63) is 59.2 Å². The molecule has 0 atom stereocenters. The van der Waals surface area contributed by atoms with Crippen molar-refractivity contribution < 1.29 is 18.0 Å². The van der Waals surface area contributed by atoms with Crippen molar-refractivity contribution in [2.75, 3.05) is 56.0 Å². The van der Waals surface area contributed by atoms with E-state index in [0.29, 0.717) is 38.0 Å². The Bertz CT molecular complexity index is 1210. The van der Waals surface area contributed by atoms with Gasteiger partial charge in [0.1, 0.15) is 0 Å². The fraction of sp³-hybridized carbons (Fsp3) is 0.576. The summed E-state index contributed by atoms with van der Waals surface area (Å²) in [6.07, 6.45) is -0.805. The monoisotopic (exact) mass is 585 g/mol. The van der Waals surface area contributed by atoms with E-state index in [9.17, 15) is 18.0 Å². The van der Waals surface area contributed by atoms with Gasteiger partial charge in [-0.2, -0.15) is 18.4 Å². The molecular formula is C33H46F3N5O. The number of nitriles is 1. The minimum absolute atomic E-state index is 0. The predicted molar refractivity (Wildman–Crippen MR) is 164 cm³/mol. The number of carbonyl (C=O) groups is 1. The standard InChI is InChI=1S/C32H42F3N5O.CH4/c1-31(2,3)25-8-11-28(12-9-25)39-17-5-16-38(20-21-39)15-4-6-30(41)40-18-13-26(14-19-40)37-27-10-7-24(23-36)29(22-27)32(33,34)35;/h7-12,22,26,37H,4-6,13-21H2,1-3H3;1H4. The van der Waals surface area contributed by atoms with Crippen molar-refractivity contribution in [2.45, 2.75) is 77.9 Å². The Labute approximate surface area is 249 Å². The van der Waals surface area contributed by atoms with Crippen molar-refractivity contribution in [3.8, 4) is 6.07 Å². The number of nitrogens with one attached hydrogen (secondary N) is 1. The highest BCUT2D eigenvalue weighted by molar-refractivity contribution is 5.76. The maximum absolute atomic E-state index is 13.3. The molecule has 0 bridgehead atoms. The first kappa shape index (κ1) is 33.3. The van der Waals surface area contributed by atoms with Gasteiger partial charge in [-0.1, -0.05) is 40.3 Å². The molecule has 2 aromatic rings. The van der Waals surface area contributed by atoms with E-state index in [1.54, 1.807) is 6.07 Å². The number of benzene rings is 2. The second kappa shape index (κ2) is 14.3. The SMILES string of the molecule is C.CC(C)(C)c1ccc(N2CCCN(CCCC(=O)N3CCC(Nc4ccc(C#N)c(C(F)(F)F)c4)CC3)CC2)cc1. The lowest BCUT2D eigenvalue weighted by Gasteiger charge is -2.33. The molecule has 42 heavy (non-hydrogen) atoms. The van der Waals surface area contributed by atoms with Crippen LogP contribution in [-0.4, -0.2) is 67.6 Å². The number of alkyl halides is 3. The quantitative estimate of drug-likeness (QED) is 0.383. The van der Waals surface area contributed by atoms with Gasteiger partial charge in [0, 0.05) is 56.6 Å². The van der Waals surface area contributed by atoms with Crippen LogP contribution in [0, 0.1) is 11.3 Å². The molecule has 2 aliphatic rings. The zero-order chi connectivity index (χ0) is 29.6. The number of hydrogen-bond donors (Lipinski definition) is 1. The molecule has 1 N–H and O–H groups in total. The number of halogens is 3. The minimum atomic E-state index is -4.58. The molecule has 0 unspecified atom stereocenters. The summed E-state index contributed by atoms with van der Waals surface area (Å²) in [5.41, 5.74) is 1.80. The van der Waals surface area contributed by atoms with Crippen LogP contribution in [0.1, 0.15) is 77.0 Å². The molecule has 2 fully saturated rings. The van der Waals surface area contributed by atoms with E-state index >= 15 is 0 Å². The summed E-state index contributed by atoms with van der Waals surface area (Å²) in [7, 11) is 0. The summed E-state index contributed by atoms with van der Waals surface area (Å²) >= 11 is 0. The predicted octanol–water partition coefficient (Wildman–Crippen LogP) is 6.91. The molecule has 0 spiro atoms. The molecule has 0 saturated carbocycles.